The molecule has 2 fully saturated rings. The minimum Gasteiger partial charge on any atom is -0.497 e. The average molecular weight is 470 g/mol. The zero-order chi connectivity index (χ0) is 23.9. The normalized spacial score (nSPS) is 17.8. The second-order valence-electron chi connectivity index (χ2n) is 9.70. The molecule has 1 aromatic heterocycles. The van der Waals surface area contributed by atoms with E-state index < -0.39 is 0 Å². The van der Waals surface area contributed by atoms with Gasteiger partial charge in [0.05, 0.1) is 18.1 Å². The lowest BCUT2D eigenvalue weighted by Crippen LogP contribution is -2.30. The third kappa shape index (κ3) is 4.29. The maximum absolute atomic E-state index is 13.3. The van der Waals surface area contributed by atoms with Crippen molar-refractivity contribution in [3.63, 3.8) is 0 Å². The molecule has 1 amide bonds. The number of imidazole rings is 1. The van der Waals surface area contributed by atoms with Crippen LogP contribution in [0.1, 0.15) is 19.3 Å². The topological polar surface area (TPSA) is 47.4 Å². The third-order valence-electron chi connectivity index (χ3n) is 7.24. The quantitative estimate of drug-likeness (QED) is 0.360. The van der Waals surface area contributed by atoms with Crippen LogP contribution in [0.25, 0.3) is 33.5 Å². The number of hydrogen-bond acceptors (Lipinski definition) is 3. The molecule has 1 aliphatic heterocycles. The van der Waals surface area contributed by atoms with Crippen LogP contribution in [0.2, 0.25) is 0 Å². The first-order chi connectivity index (χ1) is 17.1. The van der Waals surface area contributed by atoms with Crippen molar-refractivity contribution in [3.8, 4) is 28.3 Å². The molecule has 6 heteroatoms. The molecule has 3 aromatic carbocycles. The number of nitrogens with zero attached hydrogens (tertiary/aromatic N) is 3. The van der Waals surface area contributed by atoms with Gasteiger partial charge in [0.2, 0.25) is 5.91 Å². The number of fused-ring (bicyclic) bond motifs is 1. The molecule has 5 nitrogen and oxygen atoms in total. The maximum atomic E-state index is 13.3. The Morgan fingerprint density at radius 3 is 2.34 bits per heavy atom. The van der Waals surface area contributed by atoms with Crippen LogP contribution < -0.4 is 4.74 Å². The Morgan fingerprint density at radius 2 is 1.66 bits per heavy atom. The smallest absolute Gasteiger partial charge is 0.225 e. The van der Waals surface area contributed by atoms with E-state index in [1.807, 2.05) is 18.2 Å². The summed E-state index contributed by atoms with van der Waals surface area (Å²) in [4.78, 5) is 19.6. The zero-order valence-corrected chi connectivity index (χ0v) is 19.8. The van der Waals surface area contributed by atoms with E-state index in [0.29, 0.717) is 11.8 Å². The average Bonchev–Trinajstić information content (AvgIpc) is 3.54. The monoisotopic (exact) mass is 469 g/mol. The molecule has 0 N–H and O–H groups in total. The summed E-state index contributed by atoms with van der Waals surface area (Å²) in [6.45, 7) is 2.45. The van der Waals surface area contributed by atoms with E-state index in [1.54, 1.807) is 19.2 Å². The highest BCUT2D eigenvalue weighted by Gasteiger charge is 2.36. The van der Waals surface area contributed by atoms with Gasteiger partial charge in [-0.2, -0.15) is 0 Å². The lowest BCUT2D eigenvalue weighted by atomic mass is 10.0. The molecule has 4 aromatic rings. The van der Waals surface area contributed by atoms with Crippen molar-refractivity contribution >= 4 is 16.9 Å². The lowest BCUT2D eigenvalue weighted by molar-refractivity contribution is -0.131. The minimum atomic E-state index is -0.237. The van der Waals surface area contributed by atoms with E-state index in [-0.39, 0.29) is 11.7 Å². The number of carbonyl (C=O) groups excluding carboxylic acids is 1. The molecule has 1 aliphatic carbocycles. The Hall–Kier alpha value is -3.67. The van der Waals surface area contributed by atoms with Gasteiger partial charge in [0, 0.05) is 37.2 Å². The first kappa shape index (κ1) is 21.8. The van der Waals surface area contributed by atoms with Gasteiger partial charge in [-0.3, -0.25) is 4.79 Å². The summed E-state index contributed by atoms with van der Waals surface area (Å²) >= 11 is 0. The summed E-state index contributed by atoms with van der Waals surface area (Å²) in [6.07, 6.45) is 3.10. The van der Waals surface area contributed by atoms with E-state index >= 15 is 0 Å². The molecule has 2 heterocycles. The fourth-order valence-corrected chi connectivity index (χ4v) is 5.12. The van der Waals surface area contributed by atoms with Gasteiger partial charge < -0.3 is 14.2 Å². The van der Waals surface area contributed by atoms with Gasteiger partial charge in [0.25, 0.3) is 0 Å². The molecule has 2 aliphatic rings. The number of benzene rings is 3. The van der Waals surface area contributed by atoms with Crippen LogP contribution in [0, 0.1) is 17.7 Å². The standard InChI is InChI=1S/C29H28FN3O2/c1-35-25-12-13-26-27(16-25)33(18-19-14-15-32(17-19)29(34)23-6-7-23)28(31-26)22-4-2-20(3-5-22)21-8-10-24(30)11-9-21/h2-5,8-13,16,19,23H,6-7,14-15,17-18H2,1H3/t19-/m1/s1. The second-order valence-corrected chi connectivity index (χ2v) is 9.70. The Morgan fingerprint density at radius 1 is 0.971 bits per heavy atom. The SMILES string of the molecule is COc1ccc2nc(-c3ccc(-c4ccc(F)cc4)cc3)n(C[C@@H]3CCN(C(=O)C4CC4)C3)c2c1. The molecule has 1 saturated carbocycles. The Labute approximate surface area is 204 Å². The number of carbonyl (C=O) groups is 1. The molecule has 1 saturated heterocycles. The maximum Gasteiger partial charge on any atom is 0.225 e. The number of ether oxygens (including phenoxy) is 1. The molecule has 0 radical (unpaired) electrons. The number of methoxy groups -OCH3 is 1. The van der Waals surface area contributed by atoms with Gasteiger partial charge in [-0.1, -0.05) is 36.4 Å². The van der Waals surface area contributed by atoms with Gasteiger partial charge >= 0.3 is 0 Å². The molecular formula is C29H28FN3O2. The van der Waals surface area contributed by atoms with E-state index in [0.717, 1.165) is 78.2 Å². The van der Waals surface area contributed by atoms with E-state index in [2.05, 4.69) is 33.7 Å². The number of rotatable bonds is 6. The summed E-state index contributed by atoms with van der Waals surface area (Å²) < 4.78 is 21.1. The molecular weight excluding hydrogens is 441 g/mol. The van der Waals surface area contributed by atoms with Crippen molar-refractivity contribution in [3.05, 3.63) is 72.5 Å². The fraction of sp³-hybridized carbons (Fsp3) is 0.310. The Bertz CT molecular complexity index is 1370. The fourth-order valence-electron chi connectivity index (χ4n) is 5.12. The molecule has 0 unspecified atom stereocenters. The summed E-state index contributed by atoms with van der Waals surface area (Å²) in [6, 6.07) is 20.8. The lowest BCUT2D eigenvalue weighted by Gasteiger charge is -2.18. The second kappa shape index (κ2) is 8.84. The summed E-state index contributed by atoms with van der Waals surface area (Å²) in [5.41, 5.74) is 4.99. The number of halogens is 1. The van der Waals surface area contributed by atoms with Crippen LogP contribution in [-0.4, -0.2) is 40.6 Å². The highest BCUT2D eigenvalue weighted by molar-refractivity contribution is 5.83. The minimum absolute atomic E-state index is 0.237. The number of hydrogen-bond donors (Lipinski definition) is 0. The van der Waals surface area contributed by atoms with Crippen LogP contribution in [-0.2, 0) is 11.3 Å². The number of likely N-dealkylation sites (tertiary alicyclic amines) is 1. The Kier molecular flexibility index (Phi) is 5.51. The third-order valence-corrected chi connectivity index (χ3v) is 7.24. The predicted molar refractivity (Wildman–Crippen MR) is 135 cm³/mol. The van der Waals surface area contributed by atoms with Crippen LogP contribution >= 0.6 is 0 Å². The molecule has 178 valence electrons. The van der Waals surface area contributed by atoms with Crippen LogP contribution in [0.3, 0.4) is 0 Å². The molecule has 0 spiro atoms. The first-order valence-corrected chi connectivity index (χ1v) is 12.3. The van der Waals surface area contributed by atoms with Crippen molar-refractivity contribution in [1.29, 1.82) is 0 Å². The summed E-state index contributed by atoms with van der Waals surface area (Å²) in [5.74, 6) is 2.46. The van der Waals surface area contributed by atoms with E-state index in [4.69, 9.17) is 9.72 Å². The van der Waals surface area contributed by atoms with Gasteiger partial charge in [0.1, 0.15) is 17.4 Å². The zero-order valence-electron chi connectivity index (χ0n) is 19.8. The molecule has 1 atom stereocenters. The molecule has 0 bridgehead atoms. The van der Waals surface area contributed by atoms with Crippen molar-refractivity contribution < 1.29 is 13.9 Å². The van der Waals surface area contributed by atoms with Crippen molar-refractivity contribution in [2.75, 3.05) is 20.2 Å². The highest BCUT2D eigenvalue weighted by Crippen LogP contribution is 2.35. The predicted octanol–water partition coefficient (Wildman–Crippen LogP) is 5.78. The first-order valence-electron chi connectivity index (χ1n) is 12.3. The van der Waals surface area contributed by atoms with Crippen LogP contribution in [0.4, 0.5) is 4.39 Å². The van der Waals surface area contributed by atoms with Crippen molar-refractivity contribution in [2.45, 2.75) is 25.8 Å². The molecule has 6 rings (SSSR count). The largest absolute Gasteiger partial charge is 0.497 e. The molecule has 35 heavy (non-hydrogen) atoms. The van der Waals surface area contributed by atoms with Gasteiger partial charge in [-0.25, -0.2) is 9.37 Å². The van der Waals surface area contributed by atoms with E-state index in [9.17, 15) is 9.18 Å². The summed E-state index contributed by atoms with van der Waals surface area (Å²) in [5, 5.41) is 0. The van der Waals surface area contributed by atoms with Gasteiger partial charge in [-0.15, -0.1) is 0 Å². The van der Waals surface area contributed by atoms with Gasteiger partial charge in [-0.05, 0) is 60.6 Å². The van der Waals surface area contributed by atoms with Crippen molar-refractivity contribution in [1.82, 2.24) is 14.5 Å². The number of amides is 1. The van der Waals surface area contributed by atoms with E-state index in [1.165, 1.54) is 12.1 Å². The summed E-state index contributed by atoms with van der Waals surface area (Å²) in [7, 11) is 1.68. The highest BCUT2D eigenvalue weighted by atomic mass is 19.1. The Balaban J connectivity index is 1.33. The number of aromatic nitrogens is 2. The van der Waals surface area contributed by atoms with Crippen LogP contribution in [0.15, 0.2) is 66.7 Å². The van der Waals surface area contributed by atoms with Gasteiger partial charge in [0.15, 0.2) is 0 Å². The van der Waals surface area contributed by atoms with Crippen molar-refractivity contribution in [2.24, 2.45) is 11.8 Å². The van der Waals surface area contributed by atoms with Crippen LogP contribution in [0.5, 0.6) is 5.75 Å².